The van der Waals surface area contributed by atoms with Crippen LogP contribution in [0.4, 0.5) is 0 Å². The van der Waals surface area contributed by atoms with Gasteiger partial charge in [0.1, 0.15) is 0 Å². The van der Waals surface area contributed by atoms with Gasteiger partial charge in [0.25, 0.3) is 0 Å². The molecular formula is C54H53SiZr. The van der Waals surface area contributed by atoms with Crippen molar-refractivity contribution in [3.05, 3.63) is 180 Å². The Morgan fingerprint density at radius 2 is 0.857 bits per heavy atom. The standard InChI is InChI=1S/2C21H23.C12H7Si.Zr/c2*1-14(2)17-12-16-8-7-11-20(21(16)13-17)19-10-6-5-9-18(19)15(3)4;1-3-7-11-9(5-1)10-6-2-4-8-12(10)13-11;/h2*5-15H,1-4H3;1-7H;/q3*-1;+3. The van der Waals surface area contributed by atoms with Crippen molar-refractivity contribution in [3.8, 4) is 33.4 Å². The first-order chi connectivity index (χ1) is 26.6. The molecule has 0 N–H and O–H groups in total. The largest absolute Gasteiger partial charge is 3.00 e. The molecule has 277 valence electrons. The Labute approximate surface area is 357 Å². The van der Waals surface area contributed by atoms with Crippen molar-refractivity contribution in [2.45, 2.75) is 79.1 Å². The molecule has 0 amide bonds. The van der Waals surface area contributed by atoms with Gasteiger partial charge in [0, 0.05) is 0 Å². The van der Waals surface area contributed by atoms with Crippen LogP contribution in [0.25, 0.3) is 54.9 Å². The summed E-state index contributed by atoms with van der Waals surface area (Å²) in [7, 11) is 0.795. The van der Waals surface area contributed by atoms with Crippen LogP contribution < -0.4 is 10.4 Å². The van der Waals surface area contributed by atoms with Gasteiger partial charge in [-0.3, -0.25) is 0 Å². The predicted octanol–water partition coefficient (Wildman–Crippen LogP) is 14.1. The van der Waals surface area contributed by atoms with Gasteiger partial charge in [0.2, 0.25) is 0 Å². The van der Waals surface area contributed by atoms with Crippen LogP contribution in [0.2, 0.25) is 0 Å². The Morgan fingerprint density at radius 1 is 0.429 bits per heavy atom. The topological polar surface area (TPSA) is 0 Å². The van der Waals surface area contributed by atoms with E-state index in [2.05, 4.69) is 207 Å². The molecule has 1 heterocycles. The van der Waals surface area contributed by atoms with Crippen molar-refractivity contribution >= 4 is 41.4 Å². The molecule has 9 rings (SSSR count). The van der Waals surface area contributed by atoms with E-state index in [1.165, 1.54) is 87.6 Å². The van der Waals surface area contributed by atoms with Crippen LogP contribution in [0, 0.1) is 6.07 Å². The molecule has 0 saturated carbocycles. The van der Waals surface area contributed by atoms with E-state index < -0.39 is 0 Å². The zero-order chi connectivity index (χ0) is 38.6. The van der Waals surface area contributed by atoms with Crippen LogP contribution in [0.15, 0.2) is 152 Å². The van der Waals surface area contributed by atoms with Gasteiger partial charge < -0.3 is 0 Å². The molecule has 0 spiro atoms. The predicted molar refractivity (Wildman–Crippen MR) is 242 cm³/mol. The Bertz CT molecular complexity index is 2360. The Kier molecular flexibility index (Phi) is 13.5. The average molecular weight is 821 g/mol. The van der Waals surface area contributed by atoms with E-state index in [9.17, 15) is 0 Å². The zero-order valence-corrected chi connectivity index (χ0v) is 37.7. The molecule has 0 fully saturated rings. The molecule has 0 atom stereocenters. The van der Waals surface area contributed by atoms with Gasteiger partial charge in [-0.2, -0.15) is 41.6 Å². The van der Waals surface area contributed by atoms with Crippen molar-refractivity contribution in [3.63, 3.8) is 0 Å². The van der Waals surface area contributed by atoms with E-state index in [0.29, 0.717) is 23.7 Å². The van der Waals surface area contributed by atoms with Gasteiger partial charge >= 0.3 is 26.2 Å². The van der Waals surface area contributed by atoms with Gasteiger partial charge in [0.05, 0.1) is 9.52 Å². The maximum absolute atomic E-state index is 3.31. The summed E-state index contributed by atoms with van der Waals surface area (Å²) in [5.74, 6) is 2.23. The number of rotatable bonds is 6. The van der Waals surface area contributed by atoms with E-state index in [1.807, 2.05) is 6.07 Å². The monoisotopic (exact) mass is 819 g/mol. The van der Waals surface area contributed by atoms with E-state index >= 15 is 0 Å². The molecule has 0 aromatic heterocycles. The molecule has 0 bridgehead atoms. The van der Waals surface area contributed by atoms with Crippen LogP contribution in [0.5, 0.6) is 0 Å². The summed E-state index contributed by atoms with van der Waals surface area (Å²) >= 11 is 0. The quantitative estimate of drug-likeness (QED) is 0.116. The smallest absolute Gasteiger partial charge is 0.184 e. The second kappa shape index (κ2) is 18.3. The second-order valence-corrected chi connectivity index (χ2v) is 17.4. The first-order valence-corrected chi connectivity index (χ1v) is 21.0. The third-order valence-electron chi connectivity index (χ3n) is 11.0. The molecule has 2 heteroatoms. The first kappa shape index (κ1) is 41.3. The molecule has 0 unspecified atom stereocenters. The molecule has 1 aliphatic heterocycles. The summed E-state index contributed by atoms with van der Waals surface area (Å²) in [6.07, 6.45) is 0. The maximum Gasteiger partial charge on any atom is 3.00 e. The summed E-state index contributed by atoms with van der Waals surface area (Å²) in [6.45, 7) is 18.1. The zero-order valence-electron chi connectivity index (χ0n) is 34.2. The SMILES string of the molecule is CC(C)c1cc2c(-c3ccccc3C(C)C)cccc2[cH-]1.CC(C)c1cc2c(-c3ccccc3C(C)C)cccc2[cH-]1.[Zr+3].[c-]1cccc2c1[Si]c1ccccc1-2. The molecule has 56 heavy (non-hydrogen) atoms. The number of fused-ring (bicyclic) bond motifs is 5. The van der Waals surface area contributed by atoms with Gasteiger partial charge in [-0.05, 0) is 45.9 Å². The number of benzene rings is 6. The van der Waals surface area contributed by atoms with Gasteiger partial charge in [-0.15, -0.1) is 74.6 Å². The van der Waals surface area contributed by atoms with Crippen LogP contribution in [0.1, 0.15) is 101 Å². The van der Waals surface area contributed by atoms with Gasteiger partial charge in [-0.1, -0.05) is 162 Å². The Morgan fingerprint density at radius 3 is 1.34 bits per heavy atom. The van der Waals surface area contributed by atoms with Crippen LogP contribution in [-0.2, 0) is 26.2 Å². The summed E-state index contributed by atoms with van der Waals surface area (Å²) < 4.78 is 0. The van der Waals surface area contributed by atoms with E-state index in [1.54, 1.807) is 0 Å². The van der Waals surface area contributed by atoms with Gasteiger partial charge in [-0.25, -0.2) is 0 Å². The van der Waals surface area contributed by atoms with Crippen LogP contribution >= 0.6 is 0 Å². The number of hydrogen-bond donors (Lipinski definition) is 0. The fourth-order valence-electron chi connectivity index (χ4n) is 7.87. The third-order valence-corrected chi connectivity index (χ3v) is 12.3. The average Bonchev–Trinajstić information content (AvgIpc) is 3.94. The molecular weight excluding hydrogens is 768 g/mol. The molecule has 0 nitrogen and oxygen atoms in total. The fourth-order valence-corrected chi connectivity index (χ4v) is 9.18. The summed E-state index contributed by atoms with van der Waals surface area (Å²) in [6, 6.07) is 58.5. The maximum atomic E-state index is 3.31. The molecule has 1 aliphatic rings. The molecule has 0 saturated heterocycles. The van der Waals surface area contributed by atoms with E-state index in [4.69, 9.17) is 0 Å². The van der Waals surface area contributed by atoms with Crippen molar-refractivity contribution in [1.82, 2.24) is 0 Å². The molecule has 3 radical (unpaired) electrons. The minimum absolute atomic E-state index is 0. The van der Waals surface area contributed by atoms with Crippen LogP contribution in [0.3, 0.4) is 0 Å². The minimum Gasteiger partial charge on any atom is -0.184 e. The molecule has 8 aromatic carbocycles. The Hall–Kier alpha value is -4.36. The van der Waals surface area contributed by atoms with Crippen molar-refractivity contribution in [2.75, 3.05) is 0 Å². The van der Waals surface area contributed by atoms with Crippen molar-refractivity contribution < 1.29 is 26.2 Å². The first-order valence-electron chi connectivity index (χ1n) is 20.0. The Balaban J connectivity index is 0.000000145. The summed E-state index contributed by atoms with van der Waals surface area (Å²) in [5, 5.41) is 8.30. The van der Waals surface area contributed by atoms with Crippen LogP contribution in [-0.4, -0.2) is 9.52 Å². The summed E-state index contributed by atoms with van der Waals surface area (Å²) in [4.78, 5) is 0. The second-order valence-electron chi connectivity index (χ2n) is 16.1. The van der Waals surface area contributed by atoms with Crippen molar-refractivity contribution in [1.29, 1.82) is 0 Å². The van der Waals surface area contributed by atoms with E-state index in [-0.39, 0.29) is 26.2 Å². The summed E-state index contributed by atoms with van der Waals surface area (Å²) in [5.41, 5.74) is 14.0. The van der Waals surface area contributed by atoms with Crippen molar-refractivity contribution in [2.24, 2.45) is 0 Å². The number of hydrogen-bond acceptors (Lipinski definition) is 0. The normalized spacial score (nSPS) is 11.6. The van der Waals surface area contributed by atoms with E-state index in [0.717, 1.165) is 9.52 Å². The van der Waals surface area contributed by atoms with Gasteiger partial charge in [0.15, 0.2) is 0 Å². The minimum atomic E-state index is 0. The third kappa shape index (κ3) is 8.78. The fraction of sp³-hybridized carbons (Fsp3) is 0.222. The molecule has 8 aromatic rings. The molecule has 0 aliphatic carbocycles.